The summed E-state index contributed by atoms with van der Waals surface area (Å²) in [5.74, 6) is -0.115. The highest BCUT2D eigenvalue weighted by Gasteiger charge is 2.39. The summed E-state index contributed by atoms with van der Waals surface area (Å²) in [5, 5.41) is 6.81. The fraction of sp³-hybridized carbons (Fsp3) is 0.484. The third kappa shape index (κ3) is 9.24. The van der Waals surface area contributed by atoms with Crippen molar-refractivity contribution in [2.24, 2.45) is 11.0 Å². The molecule has 0 saturated carbocycles. The van der Waals surface area contributed by atoms with Crippen molar-refractivity contribution in [3.63, 3.8) is 0 Å². The first-order valence-electron chi connectivity index (χ1n) is 14.1. The Morgan fingerprint density at radius 3 is 2.48 bits per heavy atom. The summed E-state index contributed by atoms with van der Waals surface area (Å²) < 4.78 is 27.7. The second-order valence-corrected chi connectivity index (χ2v) is 11.0. The third-order valence-corrected chi connectivity index (χ3v) is 7.18. The van der Waals surface area contributed by atoms with E-state index < -0.39 is 11.8 Å². The van der Waals surface area contributed by atoms with Gasteiger partial charge in [-0.3, -0.25) is 4.79 Å². The molecule has 1 fully saturated rings. The number of nitrogens with zero attached hydrogens (tertiary/aromatic N) is 3. The summed E-state index contributed by atoms with van der Waals surface area (Å²) in [4.78, 5) is 26.9. The first-order chi connectivity index (χ1) is 20.2. The first kappa shape index (κ1) is 30.9. The molecule has 1 saturated heterocycles. The summed E-state index contributed by atoms with van der Waals surface area (Å²) in [5.41, 5.74) is 11.0. The number of epoxide rings is 1. The maximum absolute atomic E-state index is 12.4. The number of esters is 2. The number of benzene rings is 2. The molecule has 4 rings (SSSR count). The minimum Gasteiger partial charge on any atom is -0.491 e. The molecule has 0 unspecified atom stereocenters. The molecule has 0 aliphatic carbocycles. The van der Waals surface area contributed by atoms with Gasteiger partial charge in [0.1, 0.15) is 30.3 Å². The van der Waals surface area contributed by atoms with Crippen molar-refractivity contribution in [1.29, 1.82) is 0 Å². The third-order valence-electron chi connectivity index (χ3n) is 7.18. The number of allylic oxidation sites excluding steroid dienone is 1. The Morgan fingerprint density at radius 2 is 1.81 bits per heavy atom. The Hall–Kier alpha value is -4.05. The average molecular weight is 579 g/mol. The SMILES string of the molecule is COC(=O)[C@H](Cc1ccc(OC[C@@H]2O[C@H]2CCC[C@@H](C)C2=CC(=O)OC(C)(C)O2)cc1)NCc1ccc(N=[N+]=[N-])cc1. The van der Waals surface area contributed by atoms with Gasteiger partial charge in [-0.1, -0.05) is 54.9 Å². The zero-order chi connectivity index (χ0) is 30.1. The largest absolute Gasteiger partial charge is 0.491 e. The van der Waals surface area contributed by atoms with E-state index in [4.69, 9.17) is 29.2 Å². The van der Waals surface area contributed by atoms with E-state index in [1.165, 1.54) is 13.2 Å². The highest BCUT2D eigenvalue weighted by Crippen LogP contribution is 2.32. The minimum atomic E-state index is -0.931. The second-order valence-electron chi connectivity index (χ2n) is 11.0. The number of carbonyl (C=O) groups is 2. The lowest BCUT2D eigenvalue weighted by molar-refractivity contribution is -0.208. The Balaban J connectivity index is 1.17. The summed E-state index contributed by atoms with van der Waals surface area (Å²) in [6.07, 6.45) is 4.87. The number of azide groups is 1. The van der Waals surface area contributed by atoms with Crippen LogP contribution in [0.2, 0.25) is 0 Å². The first-order valence-corrected chi connectivity index (χ1v) is 14.1. The molecule has 2 aliphatic heterocycles. The number of cyclic esters (lactones) is 1. The number of carbonyl (C=O) groups excluding carboxylic acids is 2. The van der Waals surface area contributed by atoms with E-state index in [9.17, 15) is 9.59 Å². The normalized spacial score (nSPS) is 20.2. The van der Waals surface area contributed by atoms with Crippen molar-refractivity contribution < 1.29 is 33.3 Å². The molecule has 0 amide bonds. The maximum atomic E-state index is 12.4. The molecule has 4 atom stereocenters. The Morgan fingerprint density at radius 1 is 1.10 bits per heavy atom. The molecular weight excluding hydrogens is 540 g/mol. The van der Waals surface area contributed by atoms with Gasteiger partial charge in [0.25, 0.3) is 0 Å². The summed E-state index contributed by atoms with van der Waals surface area (Å²) >= 11 is 0. The van der Waals surface area contributed by atoms with Gasteiger partial charge in [0, 0.05) is 36.9 Å². The Kier molecular flexibility index (Phi) is 10.5. The number of hydrogen-bond acceptors (Lipinski definition) is 9. The fourth-order valence-corrected chi connectivity index (χ4v) is 4.80. The van der Waals surface area contributed by atoms with E-state index in [1.807, 2.05) is 36.4 Å². The standard InChI is InChI=1S/C31H38N4O7/c1-20(27-17-29(36)42-31(2,3)41-27)6-5-7-26-28(40-26)19-39-24-14-10-21(11-15-24)16-25(30(37)38-4)33-18-22-8-12-23(13-9-22)34-35-32/h8-15,17,20,25-26,28,33H,5-7,16,18-19H2,1-4H3/t20-,25+,26+,28+/m1/s1. The summed E-state index contributed by atoms with van der Waals surface area (Å²) in [7, 11) is 1.37. The van der Waals surface area contributed by atoms with Crippen LogP contribution in [-0.4, -0.2) is 49.7 Å². The van der Waals surface area contributed by atoms with E-state index in [0.29, 0.717) is 31.0 Å². The quantitative estimate of drug-likeness (QED) is 0.0939. The molecule has 224 valence electrons. The van der Waals surface area contributed by atoms with Crippen molar-refractivity contribution in [2.45, 2.75) is 77.0 Å². The Bertz CT molecular complexity index is 1300. The molecule has 2 aliphatic rings. The van der Waals surface area contributed by atoms with Crippen LogP contribution < -0.4 is 10.1 Å². The molecule has 2 aromatic rings. The van der Waals surface area contributed by atoms with Crippen LogP contribution >= 0.6 is 0 Å². The minimum absolute atomic E-state index is 0.0627. The number of rotatable bonds is 15. The van der Waals surface area contributed by atoms with Gasteiger partial charge in [-0.2, -0.15) is 0 Å². The Labute approximate surface area is 245 Å². The van der Waals surface area contributed by atoms with E-state index in [0.717, 1.165) is 36.1 Å². The number of hydrogen-bond donors (Lipinski definition) is 1. The fourth-order valence-electron chi connectivity index (χ4n) is 4.80. The van der Waals surface area contributed by atoms with E-state index in [1.54, 1.807) is 26.0 Å². The lowest BCUT2D eigenvalue weighted by Crippen LogP contribution is -2.39. The van der Waals surface area contributed by atoms with Gasteiger partial charge in [-0.25, -0.2) is 4.79 Å². The predicted octanol–water partition coefficient (Wildman–Crippen LogP) is 5.65. The van der Waals surface area contributed by atoms with Gasteiger partial charge < -0.3 is 29.0 Å². The van der Waals surface area contributed by atoms with Crippen LogP contribution in [0.5, 0.6) is 5.75 Å². The van der Waals surface area contributed by atoms with Crippen LogP contribution in [0.1, 0.15) is 51.2 Å². The second kappa shape index (κ2) is 14.2. The van der Waals surface area contributed by atoms with Gasteiger partial charge in [0.2, 0.25) is 5.79 Å². The van der Waals surface area contributed by atoms with Crippen molar-refractivity contribution in [3.05, 3.63) is 81.9 Å². The summed E-state index contributed by atoms with van der Waals surface area (Å²) in [6.45, 7) is 6.44. The summed E-state index contributed by atoms with van der Waals surface area (Å²) in [6, 6.07) is 14.3. The molecule has 42 heavy (non-hydrogen) atoms. The molecule has 1 N–H and O–H groups in total. The topological polar surface area (TPSA) is 144 Å². The molecule has 11 heteroatoms. The van der Waals surface area contributed by atoms with Crippen LogP contribution in [0.15, 0.2) is 65.5 Å². The van der Waals surface area contributed by atoms with Gasteiger partial charge in [0.15, 0.2) is 0 Å². The highest BCUT2D eigenvalue weighted by molar-refractivity contribution is 5.83. The zero-order valence-corrected chi connectivity index (χ0v) is 24.4. The smallest absolute Gasteiger partial charge is 0.337 e. The number of ether oxygens (including phenoxy) is 5. The average Bonchev–Trinajstić information content (AvgIpc) is 3.72. The van der Waals surface area contributed by atoms with Gasteiger partial charge in [0.05, 0.1) is 19.3 Å². The maximum Gasteiger partial charge on any atom is 0.337 e. The van der Waals surface area contributed by atoms with Crippen LogP contribution in [0.4, 0.5) is 5.69 Å². The predicted molar refractivity (Wildman–Crippen MR) is 155 cm³/mol. The number of nitrogens with one attached hydrogen (secondary N) is 1. The molecule has 11 nitrogen and oxygen atoms in total. The molecule has 0 bridgehead atoms. The lowest BCUT2D eigenvalue weighted by Gasteiger charge is -2.32. The van der Waals surface area contributed by atoms with Gasteiger partial charge >= 0.3 is 11.9 Å². The van der Waals surface area contributed by atoms with Crippen LogP contribution in [-0.2, 0) is 41.5 Å². The highest BCUT2D eigenvalue weighted by atomic mass is 16.7. The van der Waals surface area contributed by atoms with Gasteiger partial charge in [-0.15, -0.1) is 0 Å². The van der Waals surface area contributed by atoms with Gasteiger partial charge in [-0.05, 0) is 48.1 Å². The van der Waals surface area contributed by atoms with Crippen molar-refractivity contribution in [2.75, 3.05) is 13.7 Å². The zero-order valence-electron chi connectivity index (χ0n) is 24.4. The monoisotopic (exact) mass is 578 g/mol. The molecular formula is C31H38N4O7. The van der Waals surface area contributed by atoms with E-state index >= 15 is 0 Å². The molecule has 2 heterocycles. The van der Waals surface area contributed by atoms with Crippen LogP contribution in [0, 0.1) is 5.92 Å². The molecule has 0 radical (unpaired) electrons. The van der Waals surface area contributed by atoms with Crippen LogP contribution in [0.3, 0.4) is 0 Å². The molecule has 0 spiro atoms. The number of methoxy groups -OCH3 is 1. The van der Waals surface area contributed by atoms with E-state index in [-0.39, 0.29) is 30.1 Å². The molecule has 0 aromatic heterocycles. The lowest BCUT2D eigenvalue weighted by atomic mass is 9.99. The molecule has 2 aromatic carbocycles. The van der Waals surface area contributed by atoms with Crippen LogP contribution in [0.25, 0.3) is 10.4 Å². The van der Waals surface area contributed by atoms with Crippen molar-refractivity contribution in [1.82, 2.24) is 5.32 Å². The van der Waals surface area contributed by atoms with Crippen molar-refractivity contribution >= 4 is 17.6 Å². The van der Waals surface area contributed by atoms with E-state index in [2.05, 4.69) is 22.3 Å². The van der Waals surface area contributed by atoms with Crippen molar-refractivity contribution in [3.8, 4) is 5.75 Å².